The number of halogens is 2. The fraction of sp³-hybridized carbons (Fsp3) is 0.296. The van der Waals surface area contributed by atoms with E-state index in [2.05, 4.69) is 26.5 Å². The average molecular weight is 538 g/mol. The molecule has 4 aromatic rings. The van der Waals surface area contributed by atoms with Gasteiger partial charge in [-0.1, -0.05) is 23.2 Å². The Labute approximate surface area is 225 Å². The Hall–Kier alpha value is -3.33. The number of aromatic nitrogens is 3. The van der Waals surface area contributed by atoms with Gasteiger partial charge in [0.15, 0.2) is 0 Å². The highest BCUT2D eigenvalue weighted by molar-refractivity contribution is 6.35. The molecule has 0 saturated heterocycles. The number of aryl methyl sites for hydroxylation is 1. The number of fused-ring (bicyclic) bond motifs is 1. The summed E-state index contributed by atoms with van der Waals surface area (Å²) >= 11 is 12.5. The molecule has 1 aliphatic carbocycles. The summed E-state index contributed by atoms with van der Waals surface area (Å²) in [5.74, 6) is 0.867. The lowest BCUT2D eigenvalue weighted by atomic mass is 9.91. The molecule has 0 spiro atoms. The van der Waals surface area contributed by atoms with E-state index >= 15 is 0 Å². The van der Waals surface area contributed by atoms with Crippen molar-refractivity contribution >= 4 is 45.9 Å². The summed E-state index contributed by atoms with van der Waals surface area (Å²) in [6, 6.07) is 9.61. The molecule has 10 heteroatoms. The van der Waals surface area contributed by atoms with E-state index in [4.69, 9.17) is 39.4 Å². The lowest BCUT2D eigenvalue weighted by Crippen LogP contribution is -2.33. The molecule has 0 atom stereocenters. The van der Waals surface area contributed by atoms with Crippen LogP contribution in [0, 0.1) is 6.92 Å². The van der Waals surface area contributed by atoms with Crippen molar-refractivity contribution in [3.8, 4) is 17.0 Å². The van der Waals surface area contributed by atoms with Crippen molar-refractivity contribution in [1.29, 1.82) is 0 Å². The number of hydrogen-bond donors (Lipinski definition) is 3. The van der Waals surface area contributed by atoms with Crippen molar-refractivity contribution in [2.75, 3.05) is 12.4 Å². The summed E-state index contributed by atoms with van der Waals surface area (Å²) in [5, 5.41) is 9.37. The van der Waals surface area contributed by atoms with Gasteiger partial charge in [0.1, 0.15) is 5.84 Å². The predicted molar refractivity (Wildman–Crippen MR) is 150 cm³/mol. The maximum absolute atomic E-state index is 6.55. The number of nitrogens with one attached hydrogen (secondary N) is 1. The van der Waals surface area contributed by atoms with Crippen LogP contribution < -0.4 is 21.5 Å². The van der Waals surface area contributed by atoms with Crippen molar-refractivity contribution in [3.63, 3.8) is 0 Å². The molecule has 1 aromatic carbocycles. The Bertz CT molecular complexity index is 1480. The van der Waals surface area contributed by atoms with Crippen LogP contribution in [0.3, 0.4) is 0 Å². The third-order valence-corrected chi connectivity index (χ3v) is 7.34. The smallest absolute Gasteiger partial charge is 0.213 e. The van der Waals surface area contributed by atoms with E-state index in [1.165, 1.54) is 0 Å². The van der Waals surface area contributed by atoms with Gasteiger partial charge in [0, 0.05) is 46.7 Å². The van der Waals surface area contributed by atoms with Gasteiger partial charge in [-0.05, 0) is 62.4 Å². The van der Waals surface area contributed by atoms with Crippen LogP contribution in [0.2, 0.25) is 10.0 Å². The van der Waals surface area contributed by atoms with E-state index < -0.39 is 0 Å². The first-order valence-electron chi connectivity index (χ1n) is 12.2. The van der Waals surface area contributed by atoms with Crippen LogP contribution in [0.15, 0.2) is 53.9 Å². The van der Waals surface area contributed by atoms with Crippen LogP contribution in [0.5, 0.6) is 5.88 Å². The van der Waals surface area contributed by atoms with Crippen molar-refractivity contribution in [1.82, 2.24) is 14.6 Å². The van der Waals surface area contributed by atoms with Crippen molar-refractivity contribution < 1.29 is 4.74 Å². The van der Waals surface area contributed by atoms with Crippen LogP contribution in [0.1, 0.15) is 36.8 Å². The Morgan fingerprint density at radius 3 is 2.65 bits per heavy atom. The zero-order chi connectivity index (χ0) is 26.1. The summed E-state index contributed by atoms with van der Waals surface area (Å²) < 4.78 is 7.12. The largest absolute Gasteiger partial charge is 0.481 e. The Morgan fingerprint density at radius 1 is 1.14 bits per heavy atom. The first kappa shape index (κ1) is 25.3. The Morgan fingerprint density at radius 2 is 1.92 bits per heavy atom. The molecule has 192 valence electrons. The standard InChI is InChI=1S/C27H29Cl2N7O/c1-15-9-25(37-2)32-12-20(15)16-10-24-26(34-19-6-4-18(30)5-7-19)21(13-33-36(24)14-16)27(31)35-23-11-17(28)3-8-22(23)29/h3,8-14,18-19,34H,4-7,30H2,1-2H3,(H2,31,35). The van der Waals surface area contributed by atoms with Crippen LogP contribution in [0.4, 0.5) is 11.4 Å². The van der Waals surface area contributed by atoms with Crippen molar-refractivity contribution in [3.05, 3.63) is 70.1 Å². The first-order valence-corrected chi connectivity index (χ1v) is 12.9. The van der Waals surface area contributed by atoms with Gasteiger partial charge in [-0.25, -0.2) is 14.5 Å². The van der Waals surface area contributed by atoms with Crippen LogP contribution in [-0.2, 0) is 0 Å². The van der Waals surface area contributed by atoms with Gasteiger partial charge >= 0.3 is 0 Å². The normalized spacial score (nSPS) is 18.2. The number of nitrogens with zero attached hydrogens (tertiary/aromatic N) is 4. The summed E-state index contributed by atoms with van der Waals surface area (Å²) in [5.41, 5.74) is 18.7. The molecule has 0 amide bonds. The van der Waals surface area contributed by atoms with Gasteiger partial charge in [0.05, 0.1) is 40.8 Å². The average Bonchev–Trinajstić information content (AvgIpc) is 3.32. The highest BCUT2D eigenvalue weighted by Crippen LogP contribution is 2.34. The minimum atomic E-state index is 0.247. The molecular formula is C27H29Cl2N7O. The molecule has 3 heterocycles. The van der Waals surface area contributed by atoms with E-state index in [9.17, 15) is 0 Å². The fourth-order valence-electron chi connectivity index (χ4n) is 4.72. The van der Waals surface area contributed by atoms with Crippen molar-refractivity contribution in [2.24, 2.45) is 16.5 Å². The van der Waals surface area contributed by atoms with E-state index in [0.29, 0.717) is 33.0 Å². The second-order valence-corrected chi connectivity index (χ2v) is 10.2. The van der Waals surface area contributed by atoms with Gasteiger partial charge in [0.25, 0.3) is 0 Å². The predicted octanol–water partition coefficient (Wildman–Crippen LogP) is 5.74. The number of benzene rings is 1. The van der Waals surface area contributed by atoms with Crippen molar-refractivity contribution in [2.45, 2.75) is 44.7 Å². The number of rotatable bonds is 6. The van der Waals surface area contributed by atoms with Gasteiger partial charge in [0.2, 0.25) is 5.88 Å². The van der Waals surface area contributed by atoms with E-state index in [1.807, 2.05) is 29.9 Å². The third kappa shape index (κ3) is 5.37. The maximum atomic E-state index is 6.55. The molecule has 5 rings (SSSR count). The van der Waals surface area contributed by atoms with Crippen LogP contribution in [0.25, 0.3) is 16.6 Å². The first-order chi connectivity index (χ1) is 17.8. The summed E-state index contributed by atoms with van der Waals surface area (Å²) in [6.07, 6.45) is 9.42. The second kappa shape index (κ2) is 10.6. The number of aliphatic imine (C=N–C) groups is 1. The molecule has 5 N–H and O–H groups in total. The number of anilines is 1. The lowest BCUT2D eigenvalue weighted by molar-refractivity contribution is 0.397. The molecule has 37 heavy (non-hydrogen) atoms. The number of amidine groups is 1. The molecule has 1 fully saturated rings. The molecule has 3 aromatic heterocycles. The van der Waals surface area contributed by atoms with E-state index in [1.54, 1.807) is 31.5 Å². The number of hydrogen-bond acceptors (Lipinski definition) is 6. The fourth-order valence-corrected chi connectivity index (χ4v) is 5.05. The Kier molecular flexibility index (Phi) is 7.24. The van der Waals surface area contributed by atoms with Crippen LogP contribution >= 0.6 is 23.2 Å². The molecule has 1 saturated carbocycles. The highest BCUT2D eigenvalue weighted by Gasteiger charge is 2.22. The molecular weight excluding hydrogens is 509 g/mol. The van der Waals surface area contributed by atoms with Gasteiger partial charge in [-0.15, -0.1) is 0 Å². The number of nitrogens with two attached hydrogens (primary N) is 2. The van der Waals surface area contributed by atoms with Gasteiger partial charge < -0.3 is 21.5 Å². The lowest BCUT2D eigenvalue weighted by Gasteiger charge is -2.28. The zero-order valence-corrected chi connectivity index (χ0v) is 22.2. The topological polar surface area (TPSA) is 116 Å². The summed E-state index contributed by atoms with van der Waals surface area (Å²) in [7, 11) is 1.61. The molecule has 0 radical (unpaired) electrons. The molecule has 0 unspecified atom stereocenters. The molecule has 8 nitrogen and oxygen atoms in total. The SMILES string of the molecule is COc1cc(C)c(-c2cc3c(NC4CCC(N)CC4)c(C(N)=Nc4cc(Cl)ccc4Cl)cnn3c2)cn1. The zero-order valence-electron chi connectivity index (χ0n) is 20.7. The van der Waals surface area contributed by atoms with E-state index in [-0.39, 0.29) is 12.1 Å². The maximum Gasteiger partial charge on any atom is 0.213 e. The molecule has 1 aliphatic rings. The minimum absolute atomic E-state index is 0.247. The second-order valence-electron chi connectivity index (χ2n) is 9.38. The summed E-state index contributed by atoms with van der Waals surface area (Å²) in [4.78, 5) is 9.00. The Balaban J connectivity index is 1.62. The number of pyridine rings is 1. The molecule has 0 aliphatic heterocycles. The summed E-state index contributed by atoms with van der Waals surface area (Å²) in [6.45, 7) is 2.03. The third-order valence-electron chi connectivity index (χ3n) is 6.79. The van der Waals surface area contributed by atoms with E-state index in [0.717, 1.165) is 53.6 Å². The number of methoxy groups -OCH3 is 1. The van der Waals surface area contributed by atoms with Crippen LogP contribution in [-0.4, -0.2) is 39.6 Å². The molecule has 0 bridgehead atoms. The quantitative estimate of drug-likeness (QED) is 0.213. The highest BCUT2D eigenvalue weighted by atomic mass is 35.5. The van der Waals surface area contributed by atoms with Gasteiger partial charge in [-0.2, -0.15) is 5.10 Å². The number of ether oxygens (including phenoxy) is 1. The monoisotopic (exact) mass is 537 g/mol. The van der Waals surface area contributed by atoms with Gasteiger partial charge in [-0.3, -0.25) is 0 Å². The minimum Gasteiger partial charge on any atom is -0.481 e.